The topological polar surface area (TPSA) is 106 Å². The summed E-state index contributed by atoms with van der Waals surface area (Å²) in [6, 6.07) is 14.0. The molecule has 8 nitrogen and oxygen atoms in total. The summed E-state index contributed by atoms with van der Waals surface area (Å²) in [7, 11) is 0. The van der Waals surface area contributed by atoms with Crippen molar-refractivity contribution >= 4 is 33.6 Å². The first-order chi connectivity index (χ1) is 15.9. The predicted molar refractivity (Wildman–Crippen MR) is 128 cm³/mol. The second-order valence-corrected chi connectivity index (χ2v) is 8.24. The van der Waals surface area contributed by atoms with Crippen molar-refractivity contribution < 1.29 is 14.3 Å². The zero-order valence-corrected chi connectivity index (χ0v) is 19.8. The summed E-state index contributed by atoms with van der Waals surface area (Å²) in [6.45, 7) is 4.69. The molecule has 0 aliphatic heterocycles. The van der Waals surface area contributed by atoms with Crippen LogP contribution in [0.15, 0.2) is 63.5 Å². The summed E-state index contributed by atoms with van der Waals surface area (Å²) in [5.74, 6) is -0.137. The van der Waals surface area contributed by atoms with Gasteiger partial charge in [-0.25, -0.2) is 0 Å². The number of fused-ring (bicyclic) bond motifs is 1. The van der Waals surface area contributed by atoms with Gasteiger partial charge in [0.05, 0.1) is 6.10 Å². The van der Waals surface area contributed by atoms with Crippen molar-refractivity contribution in [2.45, 2.75) is 26.4 Å². The molecule has 3 aromatic rings. The van der Waals surface area contributed by atoms with Crippen LogP contribution >= 0.6 is 15.9 Å². The molecule has 0 saturated heterocycles. The Hall–Kier alpha value is -3.48. The fraction of sp³-hybridized carbons (Fsp3) is 0.250. The zero-order valence-electron chi connectivity index (χ0n) is 18.2. The zero-order chi connectivity index (χ0) is 23.8. The third-order valence-corrected chi connectivity index (χ3v) is 5.00. The van der Waals surface area contributed by atoms with E-state index in [-0.39, 0.29) is 23.1 Å². The maximum absolute atomic E-state index is 13.2. The summed E-state index contributed by atoms with van der Waals surface area (Å²) in [4.78, 5) is 30.1. The van der Waals surface area contributed by atoms with Gasteiger partial charge in [-0.1, -0.05) is 22.0 Å². The maximum atomic E-state index is 13.2. The largest absolute Gasteiger partial charge is 0.438 e. The molecule has 0 radical (unpaired) electrons. The Balaban J connectivity index is 1.93. The molecule has 0 fully saturated rings. The lowest BCUT2D eigenvalue weighted by molar-refractivity contribution is -0.117. The van der Waals surface area contributed by atoms with Crippen molar-refractivity contribution in [3.63, 3.8) is 0 Å². The number of halogens is 1. The van der Waals surface area contributed by atoms with E-state index in [4.69, 9.17) is 9.47 Å². The number of ether oxygens (including phenoxy) is 2. The van der Waals surface area contributed by atoms with Crippen molar-refractivity contribution in [1.29, 1.82) is 5.26 Å². The first-order valence-corrected chi connectivity index (χ1v) is 11.1. The predicted octanol–water partition coefficient (Wildman–Crippen LogP) is 4.09. The summed E-state index contributed by atoms with van der Waals surface area (Å²) in [5.41, 5.74) is -0.315. The van der Waals surface area contributed by atoms with Crippen LogP contribution < -0.4 is 15.6 Å². The van der Waals surface area contributed by atoms with Gasteiger partial charge in [0.15, 0.2) is 0 Å². The SMILES string of the molecule is CC(C)OCCCNC(=O)/C(C#N)=C/c1c(Oc2ccc(Br)cc2)nc2ccccn2c1=O. The van der Waals surface area contributed by atoms with Crippen LogP contribution in [-0.4, -0.2) is 34.5 Å². The third kappa shape index (κ3) is 6.51. The van der Waals surface area contributed by atoms with Gasteiger partial charge >= 0.3 is 0 Å². The molecule has 1 N–H and O–H groups in total. The van der Waals surface area contributed by atoms with E-state index in [1.807, 2.05) is 19.9 Å². The van der Waals surface area contributed by atoms with Crippen molar-refractivity contribution in [2.24, 2.45) is 0 Å². The molecule has 2 heterocycles. The number of nitrogens with zero attached hydrogens (tertiary/aromatic N) is 3. The van der Waals surface area contributed by atoms with E-state index in [9.17, 15) is 14.9 Å². The molecule has 0 saturated carbocycles. The standard InChI is InChI=1S/C24H23BrN4O4/c1-16(2)32-13-5-11-27-22(30)17(15-26)14-20-23(33-19-9-7-18(25)8-10-19)28-21-6-3-4-12-29(21)24(20)31/h3-4,6-10,12,14,16H,5,11,13H2,1-2H3,(H,27,30)/b17-14+. The normalized spacial score (nSPS) is 11.4. The van der Waals surface area contributed by atoms with Gasteiger partial charge in [-0.3, -0.25) is 14.0 Å². The van der Waals surface area contributed by atoms with Crippen molar-refractivity contribution in [3.8, 4) is 17.7 Å². The average molecular weight is 511 g/mol. The summed E-state index contributed by atoms with van der Waals surface area (Å²) in [6.07, 6.45) is 3.48. The van der Waals surface area contributed by atoms with E-state index in [2.05, 4.69) is 26.2 Å². The molecule has 0 bridgehead atoms. The van der Waals surface area contributed by atoms with Gasteiger partial charge in [-0.05, 0) is 62.7 Å². The van der Waals surface area contributed by atoms with E-state index < -0.39 is 11.5 Å². The van der Waals surface area contributed by atoms with E-state index >= 15 is 0 Å². The maximum Gasteiger partial charge on any atom is 0.269 e. The summed E-state index contributed by atoms with van der Waals surface area (Å²) < 4.78 is 13.5. The number of amides is 1. The molecule has 3 rings (SSSR count). The Morgan fingerprint density at radius 1 is 1.27 bits per heavy atom. The fourth-order valence-corrected chi connectivity index (χ4v) is 3.14. The number of rotatable bonds is 9. The molecule has 33 heavy (non-hydrogen) atoms. The van der Waals surface area contributed by atoms with E-state index in [0.29, 0.717) is 31.0 Å². The van der Waals surface area contributed by atoms with Crippen LogP contribution in [-0.2, 0) is 9.53 Å². The van der Waals surface area contributed by atoms with Gasteiger partial charge < -0.3 is 14.8 Å². The smallest absolute Gasteiger partial charge is 0.269 e. The number of carbonyl (C=O) groups is 1. The van der Waals surface area contributed by atoms with Crippen LogP contribution in [0, 0.1) is 11.3 Å². The van der Waals surface area contributed by atoms with Crippen LogP contribution in [0.1, 0.15) is 25.8 Å². The van der Waals surface area contributed by atoms with Gasteiger partial charge in [0.25, 0.3) is 11.5 Å². The minimum Gasteiger partial charge on any atom is -0.438 e. The van der Waals surface area contributed by atoms with Crippen LogP contribution in [0.5, 0.6) is 11.6 Å². The van der Waals surface area contributed by atoms with Gasteiger partial charge in [0, 0.05) is 23.8 Å². The monoisotopic (exact) mass is 510 g/mol. The number of benzene rings is 1. The molecule has 2 aromatic heterocycles. The minimum atomic E-state index is -0.589. The van der Waals surface area contributed by atoms with Gasteiger partial charge in [-0.2, -0.15) is 10.2 Å². The number of nitriles is 1. The first kappa shape index (κ1) is 24.2. The molecular weight excluding hydrogens is 488 g/mol. The van der Waals surface area contributed by atoms with E-state index in [0.717, 1.165) is 4.47 Å². The Labute approximate surface area is 199 Å². The highest BCUT2D eigenvalue weighted by Gasteiger charge is 2.17. The van der Waals surface area contributed by atoms with Crippen LogP contribution in [0.25, 0.3) is 11.7 Å². The van der Waals surface area contributed by atoms with E-state index in [1.54, 1.807) is 48.7 Å². The van der Waals surface area contributed by atoms with Crippen LogP contribution in [0.4, 0.5) is 0 Å². The second-order valence-electron chi connectivity index (χ2n) is 7.32. The Kier molecular flexibility index (Phi) is 8.35. The number of hydrogen-bond acceptors (Lipinski definition) is 6. The van der Waals surface area contributed by atoms with Crippen LogP contribution in [0.2, 0.25) is 0 Å². The lowest BCUT2D eigenvalue weighted by atomic mass is 10.1. The third-order valence-electron chi connectivity index (χ3n) is 4.47. The van der Waals surface area contributed by atoms with Gasteiger partial charge in [-0.15, -0.1) is 0 Å². The van der Waals surface area contributed by atoms with Gasteiger partial charge in [0.2, 0.25) is 5.88 Å². The summed E-state index contributed by atoms with van der Waals surface area (Å²) in [5, 5.41) is 12.2. The number of pyridine rings is 1. The molecule has 0 aliphatic carbocycles. The average Bonchev–Trinajstić information content (AvgIpc) is 2.80. The Morgan fingerprint density at radius 2 is 2.03 bits per heavy atom. The van der Waals surface area contributed by atoms with Crippen molar-refractivity contribution in [1.82, 2.24) is 14.7 Å². The van der Waals surface area contributed by atoms with E-state index in [1.165, 1.54) is 10.5 Å². The lowest BCUT2D eigenvalue weighted by Crippen LogP contribution is -2.27. The quantitative estimate of drug-likeness (QED) is 0.264. The molecule has 1 aromatic carbocycles. The first-order valence-electron chi connectivity index (χ1n) is 10.4. The molecule has 170 valence electrons. The number of aromatic nitrogens is 2. The highest BCUT2D eigenvalue weighted by molar-refractivity contribution is 9.10. The number of nitrogens with one attached hydrogen (secondary N) is 1. The number of hydrogen-bond donors (Lipinski definition) is 1. The van der Waals surface area contributed by atoms with Gasteiger partial charge in [0.1, 0.15) is 28.6 Å². The minimum absolute atomic E-state index is 0.000550. The second kappa shape index (κ2) is 11.4. The molecule has 0 spiro atoms. The molecule has 0 aliphatic rings. The molecule has 0 atom stereocenters. The Morgan fingerprint density at radius 3 is 2.73 bits per heavy atom. The van der Waals surface area contributed by atoms with Crippen LogP contribution in [0.3, 0.4) is 0 Å². The highest BCUT2D eigenvalue weighted by Crippen LogP contribution is 2.25. The lowest BCUT2D eigenvalue weighted by Gasteiger charge is -2.11. The molecule has 9 heteroatoms. The molecule has 1 amide bonds. The van der Waals surface area contributed by atoms with Crippen molar-refractivity contribution in [3.05, 3.63) is 74.6 Å². The molecule has 0 unspecified atom stereocenters. The number of carbonyl (C=O) groups excluding carboxylic acids is 1. The van der Waals surface area contributed by atoms with Crippen molar-refractivity contribution in [2.75, 3.05) is 13.2 Å². The fourth-order valence-electron chi connectivity index (χ4n) is 2.88. The molecular formula is C24H23BrN4O4. The Bertz CT molecular complexity index is 1260. The highest BCUT2D eigenvalue weighted by atomic mass is 79.9. The summed E-state index contributed by atoms with van der Waals surface area (Å²) >= 11 is 3.36.